The van der Waals surface area contributed by atoms with Crippen molar-refractivity contribution in [2.24, 2.45) is 5.92 Å². The van der Waals surface area contributed by atoms with Gasteiger partial charge < -0.3 is 20.2 Å². The van der Waals surface area contributed by atoms with Crippen LogP contribution in [-0.2, 0) is 0 Å². The van der Waals surface area contributed by atoms with Crippen LogP contribution in [0.5, 0.6) is 0 Å². The van der Waals surface area contributed by atoms with Gasteiger partial charge in [0, 0.05) is 18.6 Å². The van der Waals surface area contributed by atoms with Crippen LogP contribution in [0.25, 0.3) is 0 Å². The predicted molar refractivity (Wildman–Crippen MR) is 84.0 cm³/mol. The van der Waals surface area contributed by atoms with Crippen molar-refractivity contribution in [3.8, 4) is 0 Å². The summed E-state index contributed by atoms with van der Waals surface area (Å²) < 4.78 is 0. The van der Waals surface area contributed by atoms with Crippen molar-refractivity contribution in [3.05, 3.63) is 0 Å². The minimum absolute atomic E-state index is 0.0113. The molecule has 0 aromatic rings. The molecule has 20 heavy (non-hydrogen) atoms. The van der Waals surface area contributed by atoms with Crippen LogP contribution < -0.4 is 5.32 Å². The van der Waals surface area contributed by atoms with E-state index >= 15 is 0 Å². The molecule has 0 spiro atoms. The number of hydrogen-bond donors (Lipinski definition) is 2. The minimum Gasteiger partial charge on any atom is -0.394 e. The van der Waals surface area contributed by atoms with Crippen molar-refractivity contribution in [1.29, 1.82) is 0 Å². The molecule has 2 N–H and O–H groups in total. The van der Waals surface area contributed by atoms with Gasteiger partial charge in [-0.05, 0) is 64.8 Å². The highest BCUT2D eigenvalue weighted by atomic mass is 16.3. The zero-order chi connectivity index (χ0) is 14.4. The van der Waals surface area contributed by atoms with E-state index in [4.69, 9.17) is 0 Å². The number of likely N-dealkylation sites (N-methyl/N-ethyl adjacent to an activating group) is 2. The molecule has 2 atom stereocenters. The fourth-order valence-corrected chi connectivity index (χ4v) is 4.08. The van der Waals surface area contributed by atoms with Crippen molar-refractivity contribution < 1.29 is 5.11 Å². The summed E-state index contributed by atoms with van der Waals surface area (Å²) in [6.07, 6.45) is 6.21. The van der Waals surface area contributed by atoms with Gasteiger partial charge in [0.25, 0.3) is 0 Å². The molecule has 2 unspecified atom stereocenters. The van der Waals surface area contributed by atoms with Crippen molar-refractivity contribution in [3.63, 3.8) is 0 Å². The summed E-state index contributed by atoms with van der Waals surface area (Å²) in [4.78, 5) is 5.06. The molecule has 0 radical (unpaired) electrons. The summed E-state index contributed by atoms with van der Waals surface area (Å²) in [5.41, 5.74) is 0.0113. The monoisotopic (exact) mass is 283 g/mol. The van der Waals surface area contributed by atoms with E-state index in [-0.39, 0.29) is 5.54 Å². The van der Waals surface area contributed by atoms with E-state index in [9.17, 15) is 5.11 Å². The fourth-order valence-electron chi connectivity index (χ4n) is 4.08. The maximum absolute atomic E-state index is 9.85. The molecular formula is C16H33N3O. The lowest BCUT2D eigenvalue weighted by molar-refractivity contribution is 0.113. The molecule has 2 aliphatic rings. The largest absolute Gasteiger partial charge is 0.394 e. The third-order valence-corrected chi connectivity index (χ3v) is 5.37. The van der Waals surface area contributed by atoms with Crippen LogP contribution in [0.3, 0.4) is 0 Å². The van der Waals surface area contributed by atoms with Gasteiger partial charge in [-0.3, -0.25) is 0 Å². The molecular weight excluding hydrogens is 250 g/mol. The Labute approximate surface area is 124 Å². The molecule has 2 rings (SSSR count). The lowest BCUT2D eigenvalue weighted by Crippen LogP contribution is -2.52. The standard InChI is InChI=1S/C16H33N3O/c1-3-17-16(14-20)8-4-6-15(16)7-11-19-10-5-9-18(2)12-13-19/h15,17,20H,3-14H2,1-2H3. The second-order valence-corrected chi connectivity index (χ2v) is 6.72. The number of nitrogens with one attached hydrogen (secondary N) is 1. The highest BCUT2D eigenvalue weighted by Gasteiger charge is 2.41. The van der Waals surface area contributed by atoms with E-state index in [0.717, 1.165) is 13.0 Å². The van der Waals surface area contributed by atoms with E-state index in [0.29, 0.717) is 12.5 Å². The average Bonchev–Trinajstić information content (AvgIpc) is 2.73. The minimum atomic E-state index is 0.0113. The molecule has 1 saturated heterocycles. The zero-order valence-corrected chi connectivity index (χ0v) is 13.4. The molecule has 0 bridgehead atoms. The third-order valence-electron chi connectivity index (χ3n) is 5.37. The topological polar surface area (TPSA) is 38.7 Å². The van der Waals surface area contributed by atoms with E-state index in [1.807, 2.05) is 0 Å². The van der Waals surface area contributed by atoms with Crippen molar-refractivity contribution in [1.82, 2.24) is 15.1 Å². The molecule has 4 nitrogen and oxygen atoms in total. The molecule has 2 fully saturated rings. The number of aliphatic hydroxyl groups is 1. The quantitative estimate of drug-likeness (QED) is 0.767. The van der Waals surface area contributed by atoms with Crippen molar-refractivity contribution in [2.45, 2.75) is 44.6 Å². The van der Waals surface area contributed by atoms with Gasteiger partial charge in [-0.2, -0.15) is 0 Å². The van der Waals surface area contributed by atoms with Gasteiger partial charge in [-0.15, -0.1) is 0 Å². The van der Waals surface area contributed by atoms with E-state index < -0.39 is 0 Å². The average molecular weight is 283 g/mol. The maximum atomic E-state index is 9.85. The summed E-state index contributed by atoms with van der Waals surface area (Å²) >= 11 is 0. The number of nitrogens with zero attached hydrogens (tertiary/aromatic N) is 2. The molecule has 4 heteroatoms. The van der Waals surface area contributed by atoms with Gasteiger partial charge >= 0.3 is 0 Å². The molecule has 118 valence electrons. The number of rotatable bonds is 6. The first-order valence-corrected chi connectivity index (χ1v) is 8.47. The first-order valence-electron chi connectivity index (χ1n) is 8.47. The maximum Gasteiger partial charge on any atom is 0.0616 e. The Balaban J connectivity index is 1.82. The van der Waals surface area contributed by atoms with E-state index in [1.165, 1.54) is 58.4 Å². The highest BCUT2D eigenvalue weighted by molar-refractivity contribution is 4.99. The Morgan fingerprint density at radius 1 is 1.20 bits per heavy atom. The fraction of sp³-hybridized carbons (Fsp3) is 1.00. The second-order valence-electron chi connectivity index (χ2n) is 6.72. The molecule has 1 aliphatic carbocycles. The molecule has 1 saturated carbocycles. The van der Waals surface area contributed by atoms with Crippen LogP contribution in [0, 0.1) is 5.92 Å². The Hall–Kier alpha value is -0.160. The van der Waals surface area contributed by atoms with E-state index in [2.05, 4.69) is 29.1 Å². The summed E-state index contributed by atoms with van der Waals surface area (Å²) in [6.45, 7) is 9.49. The van der Waals surface area contributed by atoms with Gasteiger partial charge in [0.2, 0.25) is 0 Å². The molecule has 0 aromatic carbocycles. The van der Waals surface area contributed by atoms with Crippen LogP contribution in [0.1, 0.15) is 39.0 Å². The Kier molecular flexibility index (Phi) is 6.27. The van der Waals surface area contributed by atoms with Crippen LogP contribution in [0.15, 0.2) is 0 Å². The Bertz CT molecular complexity index is 287. The smallest absolute Gasteiger partial charge is 0.0616 e. The summed E-state index contributed by atoms with van der Waals surface area (Å²) in [5.74, 6) is 0.647. The normalized spacial score (nSPS) is 33.5. The first kappa shape index (κ1) is 16.2. The van der Waals surface area contributed by atoms with Crippen LogP contribution in [-0.4, -0.2) is 73.4 Å². The van der Waals surface area contributed by atoms with Crippen LogP contribution in [0.2, 0.25) is 0 Å². The van der Waals surface area contributed by atoms with Crippen LogP contribution >= 0.6 is 0 Å². The lowest BCUT2D eigenvalue weighted by atomic mass is 9.85. The molecule has 1 aliphatic heterocycles. The number of hydrogen-bond acceptors (Lipinski definition) is 4. The van der Waals surface area contributed by atoms with E-state index in [1.54, 1.807) is 0 Å². The first-order chi connectivity index (χ1) is 9.70. The Morgan fingerprint density at radius 3 is 2.80 bits per heavy atom. The molecule has 1 heterocycles. The zero-order valence-electron chi connectivity index (χ0n) is 13.4. The van der Waals surface area contributed by atoms with Gasteiger partial charge in [0.05, 0.1) is 6.61 Å². The Morgan fingerprint density at radius 2 is 2.05 bits per heavy atom. The number of aliphatic hydroxyl groups excluding tert-OH is 1. The third kappa shape index (κ3) is 3.94. The van der Waals surface area contributed by atoms with Gasteiger partial charge in [0.1, 0.15) is 0 Å². The SMILES string of the molecule is CCNC1(CO)CCCC1CCN1CCCN(C)CC1. The van der Waals surface area contributed by atoms with Gasteiger partial charge in [-0.25, -0.2) is 0 Å². The molecule has 0 amide bonds. The van der Waals surface area contributed by atoms with Crippen LogP contribution in [0.4, 0.5) is 0 Å². The summed E-state index contributed by atoms with van der Waals surface area (Å²) in [6, 6.07) is 0. The predicted octanol–water partition coefficient (Wildman–Crippen LogP) is 1.15. The van der Waals surface area contributed by atoms with Gasteiger partial charge in [-0.1, -0.05) is 13.3 Å². The molecule has 0 aromatic heterocycles. The van der Waals surface area contributed by atoms with Crippen molar-refractivity contribution >= 4 is 0 Å². The summed E-state index contributed by atoms with van der Waals surface area (Å²) in [5, 5.41) is 13.4. The highest BCUT2D eigenvalue weighted by Crippen LogP contribution is 2.37. The summed E-state index contributed by atoms with van der Waals surface area (Å²) in [7, 11) is 2.22. The lowest BCUT2D eigenvalue weighted by Gasteiger charge is -2.36. The van der Waals surface area contributed by atoms with Crippen molar-refractivity contribution in [2.75, 3.05) is 52.9 Å². The van der Waals surface area contributed by atoms with Gasteiger partial charge in [0.15, 0.2) is 0 Å². The second kappa shape index (κ2) is 7.74.